The second-order valence-corrected chi connectivity index (χ2v) is 5.59. The molecular formula is C20H20N2O5. The van der Waals surface area contributed by atoms with Gasteiger partial charge in [0.2, 0.25) is 0 Å². The van der Waals surface area contributed by atoms with Crippen LogP contribution in [0.3, 0.4) is 0 Å². The van der Waals surface area contributed by atoms with Crippen molar-refractivity contribution < 1.29 is 23.8 Å². The van der Waals surface area contributed by atoms with Crippen LogP contribution < -0.4 is 14.8 Å². The monoisotopic (exact) mass is 368 g/mol. The van der Waals surface area contributed by atoms with Crippen molar-refractivity contribution in [3.05, 3.63) is 59.7 Å². The van der Waals surface area contributed by atoms with E-state index in [9.17, 15) is 9.59 Å². The fraction of sp³-hybridized carbons (Fsp3) is 0.250. The molecule has 1 N–H and O–H groups in total. The molecule has 0 aliphatic heterocycles. The first-order chi connectivity index (χ1) is 13.0. The molecule has 0 aromatic heterocycles. The molecule has 0 aliphatic rings. The van der Waals surface area contributed by atoms with Crippen LogP contribution in [-0.4, -0.2) is 31.7 Å². The Hall–Kier alpha value is -3.53. The molecule has 2 aromatic carbocycles. The average Bonchev–Trinajstić information content (AvgIpc) is 2.71. The fourth-order valence-electron chi connectivity index (χ4n) is 2.21. The molecule has 2 rings (SSSR count). The summed E-state index contributed by atoms with van der Waals surface area (Å²) < 4.78 is 15.6. The maximum Gasteiger partial charge on any atom is 0.347 e. The Morgan fingerprint density at radius 3 is 2.52 bits per heavy atom. The predicted octanol–water partition coefficient (Wildman–Crippen LogP) is 2.19. The van der Waals surface area contributed by atoms with E-state index in [-0.39, 0.29) is 6.54 Å². The molecule has 0 bridgehead atoms. The number of amides is 1. The van der Waals surface area contributed by atoms with Gasteiger partial charge in [-0.1, -0.05) is 18.2 Å². The van der Waals surface area contributed by atoms with Crippen molar-refractivity contribution in [1.82, 2.24) is 5.32 Å². The van der Waals surface area contributed by atoms with Gasteiger partial charge in [-0.15, -0.1) is 0 Å². The van der Waals surface area contributed by atoms with Crippen LogP contribution in [-0.2, 0) is 20.9 Å². The first-order valence-corrected chi connectivity index (χ1v) is 8.25. The highest BCUT2D eigenvalue weighted by Crippen LogP contribution is 2.16. The molecule has 0 unspecified atom stereocenters. The number of esters is 1. The van der Waals surface area contributed by atoms with Gasteiger partial charge < -0.3 is 19.5 Å². The second kappa shape index (κ2) is 9.82. The van der Waals surface area contributed by atoms with Crippen molar-refractivity contribution in [3.63, 3.8) is 0 Å². The van der Waals surface area contributed by atoms with E-state index in [1.54, 1.807) is 37.4 Å². The van der Waals surface area contributed by atoms with Crippen LogP contribution in [0, 0.1) is 11.3 Å². The number of rotatable bonds is 8. The van der Waals surface area contributed by atoms with E-state index in [0.29, 0.717) is 17.1 Å². The lowest BCUT2D eigenvalue weighted by Gasteiger charge is -2.14. The standard InChI is InChI=1S/C20H20N2O5/c1-14(27-17-9-7-15(11-21)8-10-17)20(24)26-13-19(23)22-12-16-5-3-4-6-18(16)25-2/h3-10,14H,12-13H2,1-2H3,(H,22,23)/t14-/m0/s1. The molecule has 1 atom stereocenters. The lowest BCUT2D eigenvalue weighted by atomic mass is 10.2. The number of carbonyl (C=O) groups is 2. The van der Waals surface area contributed by atoms with Crippen molar-refractivity contribution in [3.8, 4) is 17.6 Å². The van der Waals surface area contributed by atoms with Crippen LogP contribution in [0.15, 0.2) is 48.5 Å². The van der Waals surface area contributed by atoms with Gasteiger partial charge in [-0.2, -0.15) is 5.26 Å². The minimum absolute atomic E-state index is 0.262. The molecule has 7 heteroatoms. The normalized spacial score (nSPS) is 11.0. The zero-order valence-electron chi connectivity index (χ0n) is 15.1. The minimum Gasteiger partial charge on any atom is -0.496 e. The number of hydrogen-bond acceptors (Lipinski definition) is 6. The van der Waals surface area contributed by atoms with E-state index in [0.717, 1.165) is 5.56 Å². The maximum absolute atomic E-state index is 12.0. The van der Waals surface area contributed by atoms with Crippen molar-refractivity contribution in [2.75, 3.05) is 13.7 Å². The van der Waals surface area contributed by atoms with Gasteiger partial charge in [-0.05, 0) is 37.3 Å². The van der Waals surface area contributed by atoms with Gasteiger partial charge in [0.05, 0.1) is 18.7 Å². The summed E-state index contributed by atoms with van der Waals surface area (Å²) in [7, 11) is 1.55. The van der Waals surface area contributed by atoms with Gasteiger partial charge >= 0.3 is 5.97 Å². The van der Waals surface area contributed by atoms with Gasteiger partial charge in [0, 0.05) is 12.1 Å². The molecule has 7 nitrogen and oxygen atoms in total. The number of benzene rings is 2. The van der Waals surface area contributed by atoms with Crippen molar-refractivity contribution in [2.45, 2.75) is 19.6 Å². The minimum atomic E-state index is -0.889. The summed E-state index contributed by atoms with van der Waals surface area (Å²) >= 11 is 0. The van der Waals surface area contributed by atoms with Crippen LogP contribution in [0.2, 0.25) is 0 Å². The Labute approximate surface area is 157 Å². The molecule has 140 valence electrons. The topological polar surface area (TPSA) is 97.7 Å². The smallest absolute Gasteiger partial charge is 0.347 e. The van der Waals surface area contributed by atoms with E-state index in [2.05, 4.69) is 5.32 Å². The largest absolute Gasteiger partial charge is 0.496 e. The summed E-state index contributed by atoms with van der Waals surface area (Å²) in [6.45, 7) is 1.38. The summed E-state index contributed by atoms with van der Waals surface area (Å²) in [6.07, 6.45) is -0.889. The molecule has 0 fully saturated rings. The molecule has 0 saturated carbocycles. The average molecular weight is 368 g/mol. The molecule has 0 heterocycles. The SMILES string of the molecule is COc1ccccc1CNC(=O)COC(=O)[C@H](C)Oc1ccc(C#N)cc1. The predicted molar refractivity (Wildman–Crippen MR) is 97.0 cm³/mol. The third-order valence-electron chi connectivity index (χ3n) is 3.64. The van der Waals surface area contributed by atoms with E-state index < -0.39 is 24.6 Å². The molecule has 2 aromatic rings. The van der Waals surface area contributed by atoms with Crippen LogP contribution in [0.5, 0.6) is 11.5 Å². The number of carbonyl (C=O) groups excluding carboxylic acids is 2. The Bertz CT molecular complexity index is 827. The number of para-hydroxylation sites is 1. The number of nitriles is 1. The third kappa shape index (κ3) is 6.04. The Kier molecular flexibility index (Phi) is 7.20. The number of methoxy groups -OCH3 is 1. The van der Waals surface area contributed by atoms with Gasteiger partial charge in [0.15, 0.2) is 12.7 Å². The molecule has 27 heavy (non-hydrogen) atoms. The molecule has 0 radical (unpaired) electrons. The Morgan fingerprint density at radius 1 is 1.15 bits per heavy atom. The van der Waals surface area contributed by atoms with Gasteiger partial charge in [0.25, 0.3) is 5.91 Å². The van der Waals surface area contributed by atoms with Crippen molar-refractivity contribution in [1.29, 1.82) is 5.26 Å². The first kappa shape index (κ1) is 19.8. The lowest BCUT2D eigenvalue weighted by molar-refractivity contribution is -0.154. The quantitative estimate of drug-likeness (QED) is 0.718. The molecular weight excluding hydrogens is 348 g/mol. The summed E-state index contributed by atoms with van der Waals surface area (Å²) in [6, 6.07) is 15.6. The molecule has 1 amide bonds. The number of nitrogens with zero attached hydrogens (tertiary/aromatic N) is 1. The van der Waals surface area contributed by atoms with Crippen molar-refractivity contribution >= 4 is 11.9 Å². The van der Waals surface area contributed by atoms with Crippen LogP contribution >= 0.6 is 0 Å². The Balaban J connectivity index is 1.76. The summed E-state index contributed by atoms with van der Waals surface area (Å²) in [4.78, 5) is 23.8. The van der Waals surface area contributed by atoms with Gasteiger partial charge in [0.1, 0.15) is 11.5 Å². The van der Waals surface area contributed by atoms with Gasteiger partial charge in [-0.3, -0.25) is 4.79 Å². The Morgan fingerprint density at radius 2 is 1.85 bits per heavy atom. The second-order valence-electron chi connectivity index (χ2n) is 5.59. The van der Waals surface area contributed by atoms with E-state index in [1.165, 1.54) is 6.92 Å². The van der Waals surface area contributed by atoms with Crippen LogP contribution in [0.25, 0.3) is 0 Å². The number of nitrogens with one attached hydrogen (secondary N) is 1. The van der Waals surface area contributed by atoms with E-state index in [4.69, 9.17) is 19.5 Å². The molecule has 0 spiro atoms. The fourth-order valence-corrected chi connectivity index (χ4v) is 2.21. The summed E-state index contributed by atoms with van der Waals surface area (Å²) in [5.74, 6) is 0.00457. The van der Waals surface area contributed by atoms with E-state index >= 15 is 0 Å². The maximum atomic E-state index is 12.0. The number of hydrogen-bond donors (Lipinski definition) is 1. The van der Waals surface area contributed by atoms with Crippen LogP contribution in [0.4, 0.5) is 0 Å². The highest BCUT2D eigenvalue weighted by atomic mass is 16.6. The molecule has 0 aliphatic carbocycles. The highest BCUT2D eigenvalue weighted by Gasteiger charge is 2.18. The first-order valence-electron chi connectivity index (χ1n) is 8.25. The van der Waals surface area contributed by atoms with Gasteiger partial charge in [-0.25, -0.2) is 4.79 Å². The number of ether oxygens (including phenoxy) is 3. The molecule has 0 saturated heterocycles. The lowest BCUT2D eigenvalue weighted by Crippen LogP contribution is -2.32. The summed E-state index contributed by atoms with van der Waals surface area (Å²) in [5, 5.41) is 11.4. The van der Waals surface area contributed by atoms with Crippen LogP contribution in [0.1, 0.15) is 18.1 Å². The van der Waals surface area contributed by atoms with Crippen molar-refractivity contribution in [2.24, 2.45) is 0 Å². The van der Waals surface area contributed by atoms with E-state index in [1.807, 2.05) is 24.3 Å². The highest BCUT2D eigenvalue weighted by molar-refractivity contribution is 5.82. The summed E-state index contributed by atoms with van der Waals surface area (Å²) in [5.41, 5.74) is 1.31. The zero-order valence-corrected chi connectivity index (χ0v) is 15.1. The zero-order chi connectivity index (χ0) is 19.6. The third-order valence-corrected chi connectivity index (χ3v) is 3.64.